The van der Waals surface area contributed by atoms with Gasteiger partial charge >= 0.3 is 0 Å². The Balaban J connectivity index is 1.71. The lowest BCUT2D eigenvalue weighted by atomic mass is 9.80. The Kier molecular flexibility index (Phi) is 6.52. The number of rotatable bonds is 4. The lowest BCUT2D eigenvalue weighted by molar-refractivity contribution is -0.124. The van der Waals surface area contributed by atoms with Crippen molar-refractivity contribution in [2.75, 3.05) is 4.90 Å². The highest BCUT2D eigenvalue weighted by Crippen LogP contribution is 2.51. The minimum atomic E-state index is -1.41. The number of aliphatic imine (C=N–C) groups is 2. The first-order valence-corrected chi connectivity index (χ1v) is 13.4. The van der Waals surface area contributed by atoms with Crippen LogP contribution in [0.25, 0.3) is 0 Å². The molecule has 2 N–H and O–H groups in total. The smallest absolute Gasteiger partial charge is 0.269 e. The van der Waals surface area contributed by atoms with E-state index in [1.165, 1.54) is 4.90 Å². The zero-order valence-corrected chi connectivity index (χ0v) is 23.1. The SMILES string of the molecule is NC1=NC(c2ccc(Cl)cc2Cl)N2C(=N1)N(c1cc(Cl)cc(Cl)c1)C(=O)C2(c1ccccc1)c1ccccc1. The van der Waals surface area contributed by atoms with E-state index in [2.05, 4.69) is 4.99 Å². The number of nitrogens with two attached hydrogens (primary N) is 1. The van der Waals surface area contributed by atoms with Crippen molar-refractivity contribution in [2.24, 2.45) is 15.7 Å². The Morgan fingerprint density at radius 2 is 1.33 bits per heavy atom. The summed E-state index contributed by atoms with van der Waals surface area (Å²) in [4.78, 5) is 27.6. The number of nitrogens with zero attached hydrogens (tertiary/aromatic N) is 4. The maximum Gasteiger partial charge on any atom is 0.269 e. The summed E-state index contributed by atoms with van der Waals surface area (Å²) in [6.45, 7) is 0. The van der Waals surface area contributed by atoms with Crippen molar-refractivity contribution in [3.8, 4) is 0 Å². The standard InChI is InChI=1S/C29H19Cl4N5O/c30-19-11-12-23(24(33)16-19)25-35-27(34)36-28-37(22-14-20(31)13-21(32)15-22)26(39)29(38(25)28,17-7-3-1-4-8-17)18-9-5-2-6-10-18/h1-16,25H,(H2,34,35). The fourth-order valence-corrected chi connectivity index (χ4v) is 6.22. The van der Waals surface area contributed by atoms with Crippen LogP contribution in [0.4, 0.5) is 5.69 Å². The van der Waals surface area contributed by atoms with Gasteiger partial charge in [0.25, 0.3) is 5.91 Å². The van der Waals surface area contributed by atoms with E-state index in [9.17, 15) is 0 Å². The summed E-state index contributed by atoms with van der Waals surface area (Å²) in [6, 6.07) is 29.0. The largest absolute Gasteiger partial charge is 0.368 e. The second-order valence-electron chi connectivity index (χ2n) is 9.02. The molecule has 0 saturated carbocycles. The molecule has 0 aromatic heterocycles. The number of benzene rings is 4. The number of carbonyl (C=O) groups is 1. The van der Waals surface area contributed by atoms with Crippen LogP contribution in [0.15, 0.2) is 107 Å². The Hall–Kier alpha value is -3.55. The molecule has 0 spiro atoms. The van der Waals surface area contributed by atoms with Crippen molar-refractivity contribution < 1.29 is 4.79 Å². The molecule has 6 nitrogen and oxygen atoms in total. The van der Waals surface area contributed by atoms with Crippen LogP contribution in [0.3, 0.4) is 0 Å². The maximum atomic E-state index is 15.0. The molecule has 1 unspecified atom stereocenters. The molecule has 1 fully saturated rings. The molecule has 0 radical (unpaired) electrons. The summed E-state index contributed by atoms with van der Waals surface area (Å²) in [7, 11) is 0. The molecule has 194 valence electrons. The monoisotopic (exact) mass is 593 g/mol. The number of guanidine groups is 2. The van der Waals surface area contributed by atoms with E-state index in [0.29, 0.717) is 42.5 Å². The Bertz CT molecular complexity index is 1600. The van der Waals surface area contributed by atoms with Crippen LogP contribution in [0, 0.1) is 0 Å². The summed E-state index contributed by atoms with van der Waals surface area (Å²) in [5.74, 6) is -0.0633. The first-order chi connectivity index (χ1) is 18.8. The highest BCUT2D eigenvalue weighted by atomic mass is 35.5. The minimum absolute atomic E-state index is 0.0138. The van der Waals surface area contributed by atoms with Crippen LogP contribution in [0.1, 0.15) is 22.9 Å². The van der Waals surface area contributed by atoms with Gasteiger partial charge < -0.3 is 5.73 Å². The molecule has 2 aliphatic rings. The predicted molar refractivity (Wildman–Crippen MR) is 158 cm³/mol. The number of halogens is 4. The molecule has 2 aliphatic heterocycles. The summed E-state index contributed by atoms with van der Waals surface area (Å²) in [5, 5.41) is 1.57. The van der Waals surface area contributed by atoms with Crippen molar-refractivity contribution in [2.45, 2.75) is 11.7 Å². The van der Waals surface area contributed by atoms with Crippen molar-refractivity contribution in [3.63, 3.8) is 0 Å². The Morgan fingerprint density at radius 1 is 0.744 bits per heavy atom. The molecular weight excluding hydrogens is 576 g/mol. The normalized spacial score (nSPS) is 18.1. The highest BCUT2D eigenvalue weighted by Gasteiger charge is 2.62. The molecule has 0 bridgehead atoms. The van der Waals surface area contributed by atoms with Gasteiger partial charge in [-0.15, -0.1) is 0 Å². The zero-order chi connectivity index (χ0) is 27.3. The quantitative estimate of drug-likeness (QED) is 0.270. The van der Waals surface area contributed by atoms with E-state index >= 15 is 4.79 Å². The molecular formula is C29H19Cl4N5O. The van der Waals surface area contributed by atoms with Crippen LogP contribution in [0.5, 0.6) is 0 Å². The van der Waals surface area contributed by atoms with Gasteiger partial charge in [0.1, 0.15) is 0 Å². The topological polar surface area (TPSA) is 74.3 Å². The number of hydrogen-bond donors (Lipinski definition) is 1. The third-order valence-corrected chi connectivity index (χ3v) is 7.73. The first-order valence-electron chi connectivity index (χ1n) is 11.9. The third-order valence-electron chi connectivity index (χ3n) is 6.73. The van der Waals surface area contributed by atoms with Gasteiger partial charge in [-0.3, -0.25) is 9.69 Å². The van der Waals surface area contributed by atoms with E-state index in [0.717, 1.165) is 0 Å². The van der Waals surface area contributed by atoms with Crippen LogP contribution >= 0.6 is 46.4 Å². The van der Waals surface area contributed by atoms with Crippen LogP contribution in [0.2, 0.25) is 20.1 Å². The van der Waals surface area contributed by atoms with Gasteiger partial charge in [-0.25, -0.2) is 9.89 Å². The number of carbonyl (C=O) groups excluding carboxylic acids is 1. The zero-order valence-electron chi connectivity index (χ0n) is 20.1. The summed E-state index contributed by atoms with van der Waals surface area (Å²) >= 11 is 25.7. The third kappa shape index (κ3) is 4.15. The van der Waals surface area contributed by atoms with Gasteiger partial charge in [-0.1, -0.05) is 113 Å². The van der Waals surface area contributed by atoms with Gasteiger partial charge in [0.2, 0.25) is 11.9 Å². The molecule has 4 aromatic carbocycles. The summed E-state index contributed by atoms with van der Waals surface area (Å²) in [5.41, 5.74) is 7.32. The van der Waals surface area contributed by atoms with Crippen LogP contribution in [-0.4, -0.2) is 22.7 Å². The Labute approximate surface area is 244 Å². The van der Waals surface area contributed by atoms with Gasteiger partial charge in [-0.2, -0.15) is 4.99 Å². The molecule has 4 aromatic rings. The van der Waals surface area contributed by atoms with E-state index in [-0.39, 0.29) is 17.8 Å². The van der Waals surface area contributed by atoms with E-state index < -0.39 is 11.7 Å². The molecule has 39 heavy (non-hydrogen) atoms. The number of amides is 1. The van der Waals surface area contributed by atoms with Crippen molar-refractivity contribution in [1.82, 2.24) is 4.90 Å². The molecule has 6 rings (SSSR count). The lowest BCUT2D eigenvalue weighted by Gasteiger charge is -2.42. The number of hydrogen-bond acceptors (Lipinski definition) is 5. The predicted octanol–water partition coefficient (Wildman–Crippen LogP) is 7.28. The van der Waals surface area contributed by atoms with E-state index in [1.807, 2.05) is 65.6 Å². The molecule has 1 atom stereocenters. The minimum Gasteiger partial charge on any atom is -0.368 e. The van der Waals surface area contributed by atoms with Crippen molar-refractivity contribution in [3.05, 3.63) is 134 Å². The highest BCUT2D eigenvalue weighted by molar-refractivity contribution is 6.37. The average molecular weight is 595 g/mol. The fourth-order valence-electron chi connectivity index (χ4n) is 5.20. The molecule has 1 amide bonds. The van der Waals surface area contributed by atoms with E-state index in [4.69, 9.17) is 57.1 Å². The number of anilines is 1. The van der Waals surface area contributed by atoms with Gasteiger partial charge in [0.15, 0.2) is 11.7 Å². The Morgan fingerprint density at radius 3 is 1.90 bits per heavy atom. The maximum absolute atomic E-state index is 15.0. The second-order valence-corrected chi connectivity index (χ2v) is 10.7. The first kappa shape index (κ1) is 25.7. The van der Waals surface area contributed by atoms with Crippen LogP contribution in [-0.2, 0) is 10.3 Å². The molecule has 10 heteroatoms. The van der Waals surface area contributed by atoms with Gasteiger partial charge in [-0.05, 0) is 41.5 Å². The van der Waals surface area contributed by atoms with Crippen molar-refractivity contribution >= 4 is 69.9 Å². The summed E-state index contributed by atoms with van der Waals surface area (Å²) < 4.78 is 0. The van der Waals surface area contributed by atoms with Gasteiger partial charge in [0, 0.05) is 25.7 Å². The molecule has 0 aliphatic carbocycles. The summed E-state index contributed by atoms with van der Waals surface area (Å²) in [6.07, 6.45) is -0.828. The van der Waals surface area contributed by atoms with Gasteiger partial charge in [0.05, 0.1) is 5.69 Å². The number of fused-ring (bicyclic) bond motifs is 1. The second kappa shape index (κ2) is 9.88. The lowest BCUT2D eigenvalue weighted by Crippen LogP contribution is -2.51. The molecule has 2 heterocycles. The van der Waals surface area contributed by atoms with Crippen LogP contribution < -0.4 is 10.6 Å². The molecule has 1 saturated heterocycles. The van der Waals surface area contributed by atoms with Crippen molar-refractivity contribution in [1.29, 1.82) is 0 Å². The van der Waals surface area contributed by atoms with E-state index in [1.54, 1.807) is 36.4 Å². The average Bonchev–Trinajstić information content (AvgIpc) is 3.17. The fraction of sp³-hybridized carbons (Fsp3) is 0.0690.